The predicted octanol–water partition coefficient (Wildman–Crippen LogP) is 1.58. The first-order valence-electron chi connectivity index (χ1n) is 6.82. The van der Waals surface area contributed by atoms with Crippen LogP contribution in [0.3, 0.4) is 0 Å². The van der Waals surface area contributed by atoms with Crippen molar-refractivity contribution in [3.8, 4) is 0 Å². The maximum Gasteiger partial charge on any atom is 0.230 e. The molecular weight excluding hydrogens is 272 g/mol. The van der Waals surface area contributed by atoms with E-state index >= 15 is 0 Å². The van der Waals surface area contributed by atoms with E-state index in [-0.39, 0.29) is 5.91 Å². The second kappa shape index (κ2) is 10.7. The number of methoxy groups -OCH3 is 1. The van der Waals surface area contributed by atoms with Gasteiger partial charge in [0.2, 0.25) is 5.91 Å². The zero-order chi connectivity index (χ0) is 14.6. The Morgan fingerprint density at radius 2 is 2.15 bits per heavy atom. The summed E-state index contributed by atoms with van der Waals surface area (Å²) >= 11 is 1.64. The summed E-state index contributed by atoms with van der Waals surface area (Å²) in [5, 5.41) is 6.08. The fourth-order valence-corrected chi connectivity index (χ4v) is 2.51. The lowest BCUT2D eigenvalue weighted by Crippen LogP contribution is -2.33. The van der Waals surface area contributed by atoms with Crippen molar-refractivity contribution >= 4 is 17.7 Å². The monoisotopic (exact) mass is 296 g/mol. The zero-order valence-corrected chi connectivity index (χ0v) is 13.1. The van der Waals surface area contributed by atoms with Crippen LogP contribution in [-0.4, -0.2) is 45.0 Å². The van der Waals surface area contributed by atoms with Gasteiger partial charge in [0.15, 0.2) is 0 Å². The molecule has 0 bridgehead atoms. The van der Waals surface area contributed by atoms with Gasteiger partial charge >= 0.3 is 0 Å². The Morgan fingerprint density at radius 3 is 2.90 bits per heavy atom. The lowest BCUT2D eigenvalue weighted by molar-refractivity contribution is -0.118. The normalized spacial score (nSPS) is 10.5. The fraction of sp³-hybridized carbons (Fsp3) is 0.533. The highest BCUT2D eigenvalue weighted by Crippen LogP contribution is 2.12. The molecule has 4 nitrogen and oxygen atoms in total. The van der Waals surface area contributed by atoms with E-state index in [0.717, 1.165) is 18.8 Å². The number of hydrogen-bond donors (Lipinski definition) is 2. The Labute approximate surface area is 125 Å². The van der Waals surface area contributed by atoms with E-state index in [9.17, 15) is 4.79 Å². The minimum atomic E-state index is 0.0937. The molecule has 0 heterocycles. The summed E-state index contributed by atoms with van der Waals surface area (Å²) in [5.41, 5.74) is 2.53. The second-order valence-corrected chi connectivity index (χ2v) is 5.56. The molecule has 0 radical (unpaired) electrons. The van der Waals surface area contributed by atoms with Gasteiger partial charge in [-0.05, 0) is 12.5 Å². The minimum Gasteiger partial charge on any atom is -0.383 e. The molecule has 112 valence electrons. The Bertz CT molecular complexity index is 399. The van der Waals surface area contributed by atoms with Crippen molar-refractivity contribution in [3.63, 3.8) is 0 Å². The van der Waals surface area contributed by atoms with E-state index in [1.807, 2.05) is 0 Å². The fourth-order valence-electron chi connectivity index (χ4n) is 1.70. The molecule has 2 N–H and O–H groups in total. The number of amides is 1. The quantitative estimate of drug-likeness (QED) is 0.644. The average molecular weight is 296 g/mol. The Hall–Kier alpha value is -1.04. The maximum atomic E-state index is 11.6. The largest absolute Gasteiger partial charge is 0.383 e. The molecular formula is C15H24N2O2S. The van der Waals surface area contributed by atoms with Crippen molar-refractivity contribution < 1.29 is 9.53 Å². The van der Waals surface area contributed by atoms with Crippen LogP contribution in [0, 0.1) is 6.92 Å². The molecule has 1 aromatic rings. The Balaban J connectivity index is 2.03. The number of rotatable bonds is 10. The van der Waals surface area contributed by atoms with Crippen LogP contribution in [0.2, 0.25) is 0 Å². The highest BCUT2D eigenvalue weighted by molar-refractivity contribution is 7.99. The molecule has 0 aliphatic carbocycles. The van der Waals surface area contributed by atoms with E-state index in [0.29, 0.717) is 18.9 Å². The summed E-state index contributed by atoms with van der Waals surface area (Å²) in [6.07, 6.45) is 0. The molecule has 0 spiro atoms. The van der Waals surface area contributed by atoms with Gasteiger partial charge < -0.3 is 15.4 Å². The third kappa shape index (κ3) is 8.19. The van der Waals surface area contributed by atoms with Gasteiger partial charge in [-0.15, -0.1) is 11.8 Å². The molecule has 0 unspecified atom stereocenters. The van der Waals surface area contributed by atoms with E-state index in [4.69, 9.17) is 4.74 Å². The van der Waals surface area contributed by atoms with Gasteiger partial charge in [0, 0.05) is 32.5 Å². The molecule has 0 aromatic heterocycles. The molecule has 0 aliphatic rings. The SMILES string of the molecule is COCCNCCNC(=O)CSCc1cccc(C)c1. The first kappa shape index (κ1) is 17.0. The van der Waals surface area contributed by atoms with Gasteiger partial charge in [-0.25, -0.2) is 0 Å². The number of benzene rings is 1. The Morgan fingerprint density at radius 1 is 1.30 bits per heavy atom. The van der Waals surface area contributed by atoms with Crippen LogP contribution in [0.25, 0.3) is 0 Å². The van der Waals surface area contributed by atoms with E-state index in [1.165, 1.54) is 11.1 Å². The van der Waals surface area contributed by atoms with Gasteiger partial charge in [0.1, 0.15) is 0 Å². The molecule has 0 aliphatic heterocycles. The van der Waals surface area contributed by atoms with E-state index < -0.39 is 0 Å². The number of thioether (sulfide) groups is 1. The van der Waals surface area contributed by atoms with E-state index in [2.05, 4.69) is 41.8 Å². The standard InChI is InChI=1S/C15H24N2O2S/c1-13-4-3-5-14(10-13)11-20-12-15(18)17-7-6-16-8-9-19-2/h3-5,10,16H,6-9,11-12H2,1-2H3,(H,17,18). The summed E-state index contributed by atoms with van der Waals surface area (Å²) < 4.78 is 4.92. The highest BCUT2D eigenvalue weighted by Gasteiger charge is 2.01. The number of ether oxygens (including phenoxy) is 1. The van der Waals surface area contributed by atoms with Crippen molar-refractivity contribution in [2.45, 2.75) is 12.7 Å². The zero-order valence-electron chi connectivity index (χ0n) is 12.3. The predicted molar refractivity (Wildman–Crippen MR) is 85.1 cm³/mol. The van der Waals surface area contributed by atoms with Crippen LogP contribution in [0.15, 0.2) is 24.3 Å². The first-order chi connectivity index (χ1) is 9.72. The molecule has 20 heavy (non-hydrogen) atoms. The van der Waals surface area contributed by atoms with Crippen LogP contribution >= 0.6 is 11.8 Å². The molecule has 1 amide bonds. The molecule has 0 atom stereocenters. The number of carbonyl (C=O) groups excluding carboxylic acids is 1. The van der Waals surface area contributed by atoms with Crippen LogP contribution in [-0.2, 0) is 15.3 Å². The second-order valence-electron chi connectivity index (χ2n) is 4.57. The number of hydrogen-bond acceptors (Lipinski definition) is 4. The van der Waals surface area contributed by atoms with Gasteiger partial charge in [-0.1, -0.05) is 29.8 Å². The van der Waals surface area contributed by atoms with Crippen molar-refractivity contribution in [2.24, 2.45) is 0 Å². The molecule has 0 saturated heterocycles. The third-order valence-electron chi connectivity index (χ3n) is 2.69. The average Bonchev–Trinajstić information content (AvgIpc) is 2.43. The smallest absolute Gasteiger partial charge is 0.230 e. The molecule has 0 fully saturated rings. The Kier molecular flexibility index (Phi) is 9.11. The first-order valence-corrected chi connectivity index (χ1v) is 7.97. The highest BCUT2D eigenvalue weighted by atomic mass is 32.2. The van der Waals surface area contributed by atoms with Crippen molar-refractivity contribution in [3.05, 3.63) is 35.4 Å². The molecule has 0 saturated carbocycles. The van der Waals surface area contributed by atoms with Gasteiger partial charge in [0.25, 0.3) is 0 Å². The summed E-state index contributed by atoms with van der Waals surface area (Å²) in [6.45, 7) is 5.03. The number of carbonyl (C=O) groups is 1. The summed E-state index contributed by atoms with van der Waals surface area (Å²) in [5.74, 6) is 1.48. The van der Waals surface area contributed by atoms with Crippen molar-refractivity contribution in [2.75, 3.05) is 39.1 Å². The van der Waals surface area contributed by atoms with Gasteiger partial charge in [-0.3, -0.25) is 4.79 Å². The number of nitrogens with one attached hydrogen (secondary N) is 2. The van der Waals surface area contributed by atoms with Crippen molar-refractivity contribution in [1.29, 1.82) is 0 Å². The summed E-state index contributed by atoms with van der Waals surface area (Å²) in [6, 6.07) is 8.39. The lowest BCUT2D eigenvalue weighted by atomic mass is 10.2. The van der Waals surface area contributed by atoms with Gasteiger partial charge in [-0.2, -0.15) is 0 Å². The van der Waals surface area contributed by atoms with Crippen LogP contribution in [0.1, 0.15) is 11.1 Å². The molecule has 5 heteroatoms. The van der Waals surface area contributed by atoms with Gasteiger partial charge in [0.05, 0.1) is 12.4 Å². The summed E-state index contributed by atoms with van der Waals surface area (Å²) in [4.78, 5) is 11.6. The molecule has 1 rings (SSSR count). The summed E-state index contributed by atoms with van der Waals surface area (Å²) in [7, 11) is 1.68. The maximum absolute atomic E-state index is 11.6. The van der Waals surface area contributed by atoms with Crippen LogP contribution in [0.4, 0.5) is 0 Å². The van der Waals surface area contributed by atoms with Crippen LogP contribution in [0.5, 0.6) is 0 Å². The molecule has 1 aromatic carbocycles. The van der Waals surface area contributed by atoms with Crippen molar-refractivity contribution in [1.82, 2.24) is 10.6 Å². The topological polar surface area (TPSA) is 50.4 Å². The minimum absolute atomic E-state index is 0.0937. The van der Waals surface area contributed by atoms with Crippen LogP contribution < -0.4 is 10.6 Å². The lowest BCUT2D eigenvalue weighted by Gasteiger charge is -2.07. The third-order valence-corrected chi connectivity index (χ3v) is 3.70. The van der Waals surface area contributed by atoms with E-state index in [1.54, 1.807) is 18.9 Å². The number of aryl methyl sites for hydroxylation is 1.